The monoisotopic (exact) mass is 326 g/mol. The largest absolute Gasteiger partial charge is 0.381 e. The molecule has 0 saturated carbocycles. The molecule has 0 aromatic heterocycles. The average molecular weight is 327 g/mol. The normalized spacial score (nSPS) is 14.0. The van der Waals surface area contributed by atoms with Crippen LogP contribution < -0.4 is 10.2 Å². The van der Waals surface area contributed by atoms with Crippen molar-refractivity contribution < 1.29 is 0 Å². The van der Waals surface area contributed by atoms with E-state index in [2.05, 4.69) is 79.2 Å². The summed E-state index contributed by atoms with van der Waals surface area (Å²) >= 11 is 3.56. The molecule has 0 spiro atoms. The van der Waals surface area contributed by atoms with E-state index in [1.807, 2.05) is 0 Å². The van der Waals surface area contributed by atoms with Crippen LogP contribution in [0.2, 0.25) is 0 Å². The highest BCUT2D eigenvalue weighted by Gasteiger charge is 2.13. The van der Waals surface area contributed by atoms with Gasteiger partial charge in [0.1, 0.15) is 0 Å². The van der Waals surface area contributed by atoms with Crippen LogP contribution in [0.3, 0.4) is 0 Å². The minimum atomic E-state index is 0.544. The first kappa shape index (κ1) is 16.4. The number of nitrogens with zero attached hydrogens (tertiary/aromatic N) is 1. The molecule has 0 aliphatic rings. The fourth-order valence-electron chi connectivity index (χ4n) is 2.21. The van der Waals surface area contributed by atoms with E-state index in [0.717, 1.165) is 16.8 Å². The Morgan fingerprint density at radius 3 is 2.42 bits per heavy atom. The standard InChI is InChI=1S/C16H27BrN2/c1-6-12(3)10-14(7-2)18-15-11-13(17)8-9-16(15)19(4)5/h8-9,11-12,14,18H,6-7,10H2,1-5H3. The molecule has 1 rings (SSSR count). The molecule has 1 aromatic rings. The van der Waals surface area contributed by atoms with Gasteiger partial charge in [0, 0.05) is 24.6 Å². The van der Waals surface area contributed by atoms with E-state index in [1.165, 1.54) is 24.2 Å². The maximum Gasteiger partial charge on any atom is 0.0597 e. The first-order valence-electron chi connectivity index (χ1n) is 7.21. The molecule has 1 N–H and O–H groups in total. The van der Waals surface area contributed by atoms with Crippen LogP contribution in [0.5, 0.6) is 0 Å². The Morgan fingerprint density at radius 2 is 1.89 bits per heavy atom. The lowest BCUT2D eigenvalue weighted by Gasteiger charge is -2.25. The molecule has 2 nitrogen and oxygen atoms in total. The lowest BCUT2D eigenvalue weighted by atomic mass is 9.97. The van der Waals surface area contributed by atoms with Crippen LogP contribution >= 0.6 is 15.9 Å². The van der Waals surface area contributed by atoms with Crippen molar-refractivity contribution in [3.05, 3.63) is 22.7 Å². The van der Waals surface area contributed by atoms with Crippen molar-refractivity contribution in [3.8, 4) is 0 Å². The van der Waals surface area contributed by atoms with E-state index in [0.29, 0.717) is 6.04 Å². The van der Waals surface area contributed by atoms with Crippen molar-refractivity contribution in [3.63, 3.8) is 0 Å². The summed E-state index contributed by atoms with van der Waals surface area (Å²) in [6.45, 7) is 6.85. The molecule has 0 aliphatic heterocycles. The van der Waals surface area contributed by atoms with Crippen LogP contribution in [-0.4, -0.2) is 20.1 Å². The minimum absolute atomic E-state index is 0.544. The van der Waals surface area contributed by atoms with Crippen LogP contribution in [-0.2, 0) is 0 Å². The Kier molecular flexibility index (Phi) is 6.70. The van der Waals surface area contributed by atoms with E-state index >= 15 is 0 Å². The maximum atomic E-state index is 3.71. The van der Waals surface area contributed by atoms with Gasteiger partial charge in [-0.25, -0.2) is 0 Å². The summed E-state index contributed by atoms with van der Waals surface area (Å²) in [6.07, 6.45) is 3.63. The first-order valence-corrected chi connectivity index (χ1v) is 8.00. The molecule has 2 atom stereocenters. The zero-order valence-electron chi connectivity index (χ0n) is 12.8. The lowest BCUT2D eigenvalue weighted by Crippen LogP contribution is -2.23. The number of hydrogen-bond acceptors (Lipinski definition) is 2. The summed E-state index contributed by atoms with van der Waals surface area (Å²) < 4.78 is 1.12. The third kappa shape index (κ3) is 5.06. The Bertz CT molecular complexity index is 390. The van der Waals surface area contributed by atoms with Crippen LogP contribution in [0.4, 0.5) is 11.4 Å². The Morgan fingerprint density at radius 1 is 1.21 bits per heavy atom. The first-order chi connectivity index (χ1) is 8.97. The molecule has 0 radical (unpaired) electrons. The summed E-state index contributed by atoms with van der Waals surface area (Å²) in [7, 11) is 4.17. The molecule has 0 aliphatic carbocycles. The second-order valence-electron chi connectivity index (χ2n) is 5.55. The summed E-state index contributed by atoms with van der Waals surface area (Å²) in [4.78, 5) is 2.16. The number of nitrogens with one attached hydrogen (secondary N) is 1. The summed E-state index contributed by atoms with van der Waals surface area (Å²) in [5.41, 5.74) is 2.46. The average Bonchev–Trinajstić information content (AvgIpc) is 2.37. The molecular formula is C16H27BrN2. The highest BCUT2D eigenvalue weighted by Crippen LogP contribution is 2.30. The highest BCUT2D eigenvalue weighted by atomic mass is 79.9. The van der Waals surface area contributed by atoms with Crippen molar-refractivity contribution in [1.29, 1.82) is 0 Å². The lowest BCUT2D eigenvalue weighted by molar-refractivity contribution is 0.462. The van der Waals surface area contributed by atoms with Gasteiger partial charge in [-0.1, -0.05) is 43.1 Å². The maximum absolute atomic E-state index is 3.71. The van der Waals surface area contributed by atoms with Gasteiger partial charge in [0.15, 0.2) is 0 Å². The summed E-state index contributed by atoms with van der Waals surface area (Å²) in [5.74, 6) is 0.771. The number of anilines is 2. The molecule has 3 heteroatoms. The molecule has 0 heterocycles. The van der Waals surface area contributed by atoms with Gasteiger partial charge in [-0.05, 0) is 37.0 Å². The smallest absolute Gasteiger partial charge is 0.0597 e. The van der Waals surface area contributed by atoms with Crippen LogP contribution in [0.1, 0.15) is 40.0 Å². The van der Waals surface area contributed by atoms with Crippen molar-refractivity contribution in [2.24, 2.45) is 5.92 Å². The fourth-order valence-corrected chi connectivity index (χ4v) is 2.57. The number of hydrogen-bond donors (Lipinski definition) is 1. The van der Waals surface area contributed by atoms with Gasteiger partial charge in [-0.3, -0.25) is 0 Å². The summed E-state index contributed by atoms with van der Waals surface area (Å²) in [5, 5.41) is 3.71. The van der Waals surface area contributed by atoms with E-state index in [-0.39, 0.29) is 0 Å². The van der Waals surface area contributed by atoms with Crippen molar-refractivity contribution >= 4 is 27.3 Å². The number of rotatable bonds is 7. The SMILES string of the molecule is CCC(C)CC(CC)Nc1cc(Br)ccc1N(C)C. The van der Waals surface area contributed by atoms with Crippen LogP contribution in [0, 0.1) is 5.92 Å². The zero-order chi connectivity index (χ0) is 14.4. The van der Waals surface area contributed by atoms with Gasteiger partial charge >= 0.3 is 0 Å². The third-order valence-electron chi connectivity index (χ3n) is 3.68. The molecule has 2 unspecified atom stereocenters. The molecule has 0 bridgehead atoms. The van der Waals surface area contributed by atoms with Crippen LogP contribution in [0.25, 0.3) is 0 Å². The van der Waals surface area contributed by atoms with E-state index in [9.17, 15) is 0 Å². The number of benzene rings is 1. The van der Waals surface area contributed by atoms with Crippen molar-refractivity contribution in [2.45, 2.75) is 46.1 Å². The van der Waals surface area contributed by atoms with Gasteiger partial charge in [0.05, 0.1) is 11.4 Å². The van der Waals surface area contributed by atoms with Gasteiger partial charge in [-0.15, -0.1) is 0 Å². The minimum Gasteiger partial charge on any atom is -0.381 e. The van der Waals surface area contributed by atoms with Crippen molar-refractivity contribution in [1.82, 2.24) is 0 Å². The van der Waals surface area contributed by atoms with Gasteiger partial charge in [-0.2, -0.15) is 0 Å². The molecule has 19 heavy (non-hydrogen) atoms. The van der Waals surface area contributed by atoms with Crippen LogP contribution in [0.15, 0.2) is 22.7 Å². The van der Waals surface area contributed by atoms with Gasteiger partial charge < -0.3 is 10.2 Å². The van der Waals surface area contributed by atoms with E-state index in [4.69, 9.17) is 0 Å². The Labute approximate surface area is 126 Å². The Hall–Kier alpha value is -0.700. The molecule has 0 amide bonds. The van der Waals surface area contributed by atoms with Gasteiger partial charge in [0.25, 0.3) is 0 Å². The zero-order valence-corrected chi connectivity index (χ0v) is 14.4. The predicted octanol–water partition coefficient (Wildman–Crippen LogP) is 5.14. The van der Waals surface area contributed by atoms with Gasteiger partial charge in [0.2, 0.25) is 0 Å². The predicted molar refractivity (Wildman–Crippen MR) is 90.2 cm³/mol. The van der Waals surface area contributed by atoms with E-state index in [1.54, 1.807) is 0 Å². The molecule has 1 aromatic carbocycles. The topological polar surface area (TPSA) is 15.3 Å². The molecule has 108 valence electrons. The fraction of sp³-hybridized carbons (Fsp3) is 0.625. The number of halogens is 1. The summed E-state index contributed by atoms with van der Waals surface area (Å²) in [6, 6.07) is 6.97. The van der Waals surface area contributed by atoms with Crippen molar-refractivity contribution in [2.75, 3.05) is 24.3 Å². The highest BCUT2D eigenvalue weighted by molar-refractivity contribution is 9.10. The second kappa shape index (κ2) is 7.78. The molecule has 0 saturated heterocycles. The third-order valence-corrected chi connectivity index (χ3v) is 4.17. The molecule has 0 fully saturated rings. The second-order valence-corrected chi connectivity index (χ2v) is 6.47. The Balaban J connectivity index is 2.86. The molecular weight excluding hydrogens is 300 g/mol. The van der Waals surface area contributed by atoms with E-state index < -0.39 is 0 Å². The quantitative estimate of drug-likeness (QED) is 0.746.